The van der Waals surface area contributed by atoms with E-state index in [1.54, 1.807) is 11.3 Å². The zero-order valence-corrected chi connectivity index (χ0v) is 42.6. The van der Waals surface area contributed by atoms with Crippen molar-refractivity contribution in [1.82, 2.24) is 15.0 Å². The predicted octanol–water partition coefficient (Wildman–Crippen LogP) is 16.9. The average Bonchev–Trinajstić information content (AvgIpc) is 3.83. The van der Waals surface area contributed by atoms with Crippen molar-refractivity contribution in [2.75, 3.05) is 0 Å². The molecule has 0 saturated heterocycles. The minimum atomic E-state index is 0. The molecule has 0 fully saturated rings. The van der Waals surface area contributed by atoms with Crippen LogP contribution in [0.3, 0.4) is 0 Å². The van der Waals surface area contributed by atoms with Gasteiger partial charge in [0.15, 0.2) is 0 Å². The third-order valence-corrected chi connectivity index (χ3v) is 14.5. The number of pyridine rings is 3. The number of nitrogens with zero attached hydrogens (tertiary/aromatic N) is 3. The quantitative estimate of drug-likeness (QED) is 0.108. The molecule has 0 radical (unpaired) electrons. The number of fused-ring (bicyclic) bond motifs is 3. The first-order valence-corrected chi connectivity index (χ1v) is 25.0. The molecular formula is C67H46IrN3S. The van der Waals surface area contributed by atoms with Crippen LogP contribution in [0.25, 0.3) is 98.6 Å². The molecular weight excluding hydrogens is 1070 g/mol. The molecule has 0 aliphatic heterocycles. The van der Waals surface area contributed by atoms with Gasteiger partial charge in [0.1, 0.15) is 4.83 Å². The van der Waals surface area contributed by atoms with Crippen molar-refractivity contribution >= 4 is 31.6 Å². The third-order valence-electron chi connectivity index (χ3n) is 13.4. The van der Waals surface area contributed by atoms with Crippen LogP contribution in [0.1, 0.15) is 22.3 Å². The van der Waals surface area contributed by atoms with E-state index in [9.17, 15) is 0 Å². The maximum atomic E-state index is 5.25. The second kappa shape index (κ2) is 21.2. The molecule has 0 aliphatic rings. The average molecular weight is 1120 g/mol. The number of hydrogen-bond acceptors (Lipinski definition) is 4. The van der Waals surface area contributed by atoms with Gasteiger partial charge >= 0.3 is 20.1 Å². The molecule has 12 aromatic rings. The van der Waals surface area contributed by atoms with Crippen LogP contribution in [-0.2, 0) is 45.8 Å². The summed E-state index contributed by atoms with van der Waals surface area (Å²) in [6.45, 7) is 0. The molecule has 344 valence electrons. The van der Waals surface area contributed by atoms with E-state index in [0.717, 1.165) is 86.5 Å². The fraction of sp³-hybridized carbons (Fsp3) is 0.0597. The molecule has 0 aliphatic carbocycles. The van der Waals surface area contributed by atoms with Crippen molar-refractivity contribution < 1.29 is 20.1 Å². The summed E-state index contributed by atoms with van der Waals surface area (Å²) in [5.41, 5.74) is 20.2. The summed E-state index contributed by atoms with van der Waals surface area (Å²) in [5.74, 6) is 0. The van der Waals surface area contributed by atoms with Crippen molar-refractivity contribution in [2.24, 2.45) is 0 Å². The SMILES string of the molecule is [Ir+3].[c-]1cc(CCc2cc(CCc3c[c-]c(-c4ccccn4)cc3)cc(-c3ccccc3-c3c[c-]c(-c4ccc5c(n4)sc4ccccc45)cc3-c3ccc(-c4ccccc4)cc3)c2)ccc1-c1ccccn1. The van der Waals surface area contributed by atoms with Crippen LogP contribution < -0.4 is 0 Å². The van der Waals surface area contributed by atoms with Crippen LogP contribution in [0.5, 0.6) is 0 Å². The number of aromatic nitrogens is 3. The third kappa shape index (κ3) is 10.0. The minimum absolute atomic E-state index is 0. The van der Waals surface area contributed by atoms with Crippen molar-refractivity contribution in [1.29, 1.82) is 0 Å². The van der Waals surface area contributed by atoms with Gasteiger partial charge in [0, 0.05) is 27.9 Å². The zero-order chi connectivity index (χ0) is 47.3. The van der Waals surface area contributed by atoms with Gasteiger partial charge in [0.05, 0.1) is 0 Å². The molecule has 0 bridgehead atoms. The summed E-state index contributed by atoms with van der Waals surface area (Å²) < 4.78 is 1.25. The molecule has 72 heavy (non-hydrogen) atoms. The molecule has 4 heterocycles. The number of thiophene rings is 1. The first-order valence-electron chi connectivity index (χ1n) is 24.2. The van der Waals surface area contributed by atoms with Crippen LogP contribution in [0.4, 0.5) is 0 Å². The predicted molar refractivity (Wildman–Crippen MR) is 295 cm³/mol. The van der Waals surface area contributed by atoms with Crippen molar-refractivity contribution in [3.05, 3.63) is 271 Å². The number of hydrogen-bond donors (Lipinski definition) is 0. The van der Waals surface area contributed by atoms with Crippen molar-refractivity contribution in [3.63, 3.8) is 0 Å². The standard InChI is InChI=1S/C67H46N3S.Ir/c1-2-12-50(13-3-1)51-32-34-52(35-33-51)62-45-55(65-39-38-61-60-16-6-7-19-66(60)71-67(61)70-65)36-37-59(62)58-15-5-4-14-57(58)56-43-48(22-20-46-24-28-53(29-25-46)63-17-8-10-40-68-63)42-49(44-56)23-21-47-26-30-54(31-27-47)64-18-9-11-41-69-64;/h1-19,24-28,30,32-35,37-45H,20-23H2;/q-3;+3. The summed E-state index contributed by atoms with van der Waals surface area (Å²) in [6.07, 6.45) is 7.24. The van der Waals surface area contributed by atoms with E-state index < -0.39 is 0 Å². The Kier molecular flexibility index (Phi) is 13.7. The van der Waals surface area contributed by atoms with Gasteiger partial charge < -0.3 is 9.97 Å². The Bertz CT molecular complexity index is 3670. The summed E-state index contributed by atoms with van der Waals surface area (Å²) >= 11 is 1.74. The molecule has 0 saturated carbocycles. The Morgan fingerprint density at radius 3 is 1.56 bits per heavy atom. The Hall–Kier alpha value is -7.92. The molecule has 0 N–H and O–H groups in total. The molecule has 3 nitrogen and oxygen atoms in total. The van der Waals surface area contributed by atoms with Gasteiger partial charge in [0.2, 0.25) is 0 Å². The molecule has 5 heteroatoms. The largest absolute Gasteiger partial charge is 3.00 e. The number of aryl methyl sites for hydroxylation is 4. The van der Waals surface area contributed by atoms with E-state index in [-0.39, 0.29) is 20.1 Å². The van der Waals surface area contributed by atoms with E-state index in [2.05, 4.69) is 210 Å². The smallest absolute Gasteiger partial charge is 0.305 e. The van der Waals surface area contributed by atoms with Crippen LogP contribution >= 0.6 is 11.3 Å². The van der Waals surface area contributed by atoms with Gasteiger partial charge in [-0.15, -0.1) is 106 Å². The summed E-state index contributed by atoms with van der Waals surface area (Å²) in [4.78, 5) is 15.4. The van der Waals surface area contributed by atoms with Crippen molar-refractivity contribution in [3.8, 4) is 78.3 Å². The fourth-order valence-electron chi connectivity index (χ4n) is 9.67. The van der Waals surface area contributed by atoms with E-state index >= 15 is 0 Å². The Labute approximate surface area is 439 Å². The normalized spacial score (nSPS) is 11.2. The second-order valence-electron chi connectivity index (χ2n) is 18.0. The maximum absolute atomic E-state index is 5.25. The van der Waals surface area contributed by atoms with Crippen LogP contribution in [0.2, 0.25) is 0 Å². The number of rotatable bonds is 13. The molecule has 4 aromatic heterocycles. The summed E-state index contributed by atoms with van der Waals surface area (Å²) in [6, 6.07) is 88.8. The van der Waals surface area contributed by atoms with Gasteiger partial charge in [-0.2, -0.15) is 0 Å². The Morgan fingerprint density at radius 2 is 0.917 bits per heavy atom. The van der Waals surface area contributed by atoms with Crippen LogP contribution in [0, 0.1) is 18.2 Å². The summed E-state index contributed by atoms with van der Waals surface area (Å²) in [5, 5.41) is 2.43. The van der Waals surface area contributed by atoms with E-state index in [1.807, 2.05) is 48.8 Å². The molecule has 0 atom stereocenters. The molecule has 12 rings (SSSR count). The fourth-order valence-corrected chi connectivity index (χ4v) is 10.7. The zero-order valence-electron chi connectivity index (χ0n) is 39.4. The van der Waals surface area contributed by atoms with E-state index in [1.165, 1.54) is 60.0 Å². The second-order valence-corrected chi connectivity index (χ2v) is 19.0. The molecule has 0 spiro atoms. The minimum Gasteiger partial charge on any atom is -0.305 e. The van der Waals surface area contributed by atoms with E-state index in [0.29, 0.717) is 0 Å². The van der Waals surface area contributed by atoms with Gasteiger partial charge in [0.25, 0.3) is 0 Å². The Balaban J connectivity index is 0.00000560. The van der Waals surface area contributed by atoms with Crippen LogP contribution in [0.15, 0.2) is 231 Å². The summed E-state index contributed by atoms with van der Waals surface area (Å²) in [7, 11) is 0. The topological polar surface area (TPSA) is 38.7 Å². The van der Waals surface area contributed by atoms with E-state index in [4.69, 9.17) is 4.98 Å². The molecule has 8 aromatic carbocycles. The van der Waals surface area contributed by atoms with Crippen molar-refractivity contribution in [2.45, 2.75) is 25.7 Å². The monoisotopic (exact) mass is 1120 g/mol. The Morgan fingerprint density at radius 1 is 0.347 bits per heavy atom. The first kappa shape index (κ1) is 46.5. The van der Waals surface area contributed by atoms with Gasteiger partial charge in [-0.25, -0.2) is 0 Å². The van der Waals surface area contributed by atoms with Crippen LogP contribution in [-0.4, -0.2) is 15.0 Å². The number of benzene rings is 8. The maximum Gasteiger partial charge on any atom is 3.00 e. The first-order chi connectivity index (χ1) is 35.1. The molecule has 0 unspecified atom stereocenters. The van der Waals surface area contributed by atoms with Gasteiger partial charge in [-0.05, 0) is 87.1 Å². The van der Waals surface area contributed by atoms with Gasteiger partial charge in [-0.1, -0.05) is 181 Å². The molecule has 0 amide bonds. The van der Waals surface area contributed by atoms with Gasteiger partial charge in [-0.3, -0.25) is 4.98 Å².